The molecular formula is C22H22N8O3S. The van der Waals surface area contributed by atoms with E-state index in [9.17, 15) is 13.2 Å². The fraction of sp³-hybridized carbons (Fsp3) is 0.364. The number of hydrogen-bond donors (Lipinski definition) is 1. The Morgan fingerprint density at radius 3 is 2.74 bits per heavy atom. The molecule has 1 aliphatic heterocycles. The van der Waals surface area contributed by atoms with Gasteiger partial charge in [-0.3, -0.25) is 4.79 Å². The summed E-state index contributed by atoms with van der Waals surface area (Å²) in [6.45, 7) is 1.83. The third-order valence-corrected chi connectivity index (χ3v) is 8.12. The number of tetrazole rings is 1. The topological polar surface area (TPSA) is 138 Å². The predicted octanol–water partition coefficient (Wildman–Crippen LogP) is 2.20. The summed E-state index contributed by atoms with van der Waals surface area (Å²) in [5, 5.41) is 19.5. The summed E-state index contributed by atoms with van der Waals surface area (Å²) < 4.78 is 27.4. The highest BCUT2D eigenvalue weighted by Crippen LogP contribution is 2.41. The summed E-state index contributed by atoms with van der Waals surface area (Å²) in [4.78, 5) is 18.3. The van der Waals surface area contributed by atoms with Crippen LogP contribution in [0.25, 0.3) is 16.7 Å². The smallest absolute Gasteiger partial charge is 0.256 e. The highest BCUT2D eigenvalue weighted by atomic mass is 32.2. The number of carbonyl (C=O) groups excluding carboxylic acids is 1. The molecule has 34 heavy (non-hydrogen) atoms. The van der Waals surface area contributed by atoms with E-state index in [0.717, 1.165) is 18.5 Å². The lowest BCUT2D eigenvalue weighted by molar-refractivity contribution is 0.102. The average Bonchev–Trinajstić information content (AvgIpc) is 3.23. The molecule has 11 nitrogen and oxygen atoms in total. The van der Waals surface area contributed by atoms with E-state index < -0.39 is 9.84 Å². The summed E-state index contributed by atoms with van der Waals surface area (Å²) in [7, 11) is -3.09. The van der Waals surface area contributed by atoms with E-state index in [2.05, 4.69) is 25.9 Å². The number of carbonyl (C=O) groups is 1. The van der Waals surface area contributed by atoms with Crippen LogP contribution < -0.4 is 5.32 Å². The molecule has 174 valence electrons. The molecule has 1 aliphatic carbocycles. The predicted molar refractivity (Wildman–Crippen MR) is 124 cm³/mol. The van der Waals surface area contributed by atoms with Gasteiger partial charge in [0.15, 0.2) is 15.5 Å². The fourth-order valence-corrected chi connectivity index (χ4v) is 6.22. The quantitative estimate of drug-likeness (QED) is 0.461. The van der Waals surface area contributed by atoms with E-state index in [-0.39, 0.29) is 23.5 Å². The third-order valence-electron chi connectivity index (χ3n) is 6.37. The molecule has 2 aliphatic rings. The minimum Gasteiger partial charge on any atom is -0.322 e. The van der Waals surface area contributed by atoms with E-state index in [1.165, 1.54) is 11.0 Å². The number of aromatic nitrogens is 7. The molecule has 0 spiro atoms. The zero-order chi connectivity index (χ0) is 23.4. The first-order valence-electron chi connectivity index (χ1n) is 11.1. The standard InChI is InChI=1S/C22H22N8O3S/c1-13-20-18(22(31)24-15-3-2-4-16(9-15)29-12-23-27-28-29)10-19(14-5-6-14)25-21(20)30(26-13)17-7-8-34(32,33)11-17/h2-4,9-10,12,14,17H,5-8,11H2,1H3,(H,24,31)/t17-/m1/s1. The molecule has 4 heterocycles. The van der Waals surface area contributed by atoms with Gasteiger partial charge in [0.1, 0.15) is 6.33 Å². The molecule has 3 aromatic heterocycles. The summed E-state index contributed by atoms with van der Waals surface area (Å²) in [5.74, 6) is 0.231. The van der Waals surface area contributed by atoms with Gasteiger partial charge in [-0.1, -0.05) is 6.07 Å². The molecule has 0 bridgehead atoms. The van der Waals surface area contributed by atoms with Gasteiger partial charge in [-0.15, -0.1) is 5.10 Å². The lowest BCUT2D eigenvalue weighted by Gasteiger charge is -2.12. The monoisotopic (exact) mass is 478 g/mol. The second kappa shape index (κ2) is 7.69. The van der Waals surface area contributed by atoms with Gasteiger partial charge in [0, 0.05) is 17.3 Å². The first-order valence-corrected chi connectivity index (χ1v) is 12.9. The molecule has 4 aromatic rings. The summed E-state index contributed by atoms with van der Waals surface area (Å²) in [5.41, 5.74) is 3.89. The highest BCUT2D eigenvalue weighted by Gasteiger charge is 2.34. The summed E-state index contributed by atoms with van der Waals surface area (Å²) in [6.07, 6.45) is 4.03. The Balaban J connectivity index is 1.40. The molecule has 2 fully saturated rings. The second-order valence-corrected chi connectivity index (χ2v) is 11.1. The fourth-order valence-electron chi connectivity index (χ4n) is 4.53. The van der Waals surface area contributed by atoms with Crippen molar-refractivity contribution in [2.24, 2.45) is 0 Å². The van der Waals surface area contributed by atoms with Crippen LogP contribution in [-0.2, 0) is 9.84 Å². The van der Waals surface area contributed by atoms with Crippen LogP contribution in [0.3, 0.4) is 0 Å². The Labute approximate surface area is 195 Å². The maximum Gasteiger partial charge on any atom is 0.256 e. The molecule has 6 rings (SSSR count). The van der Waals surface area contributed by atoms with Crippen LogP contribution in [0.1, 0.15) is 53.0 Å². The van der Waals surface area contributed by atoms with Gasteiger partial charge in [0.05, 0.1) is 39.9 Å². The first kappa shape index (κ1) is 20.9. The van der Waals surface area contributed by atoms with E-state index >= 15 is 0 Å². The van der Waals surface area contributed by atoms with Gasteiger partial charge in [-0.2, -0.15) is 5.10 Å². The molecule has 1 amide bonds. The van der Waals surface area contributed by atoms with E-state index in [1.54, 1.807) is 16.8 Å². The number of nitrogens with zero attached hydrogens (tertiary/aromatic N) is 7. The van der Waals surface area contributed by atoms with Gasteiger partial charge < -0.3 is 5.32 Å². The largest absolute Gasteiger partial charge is 0.322 e. The third kappa shape index (κ3) is 3.73. The van der Waals surface area contributed by atoms with E-state index in [4.69, 9.17) is 4.98 Å². The van der Waals surface area contributed by atoms with Crippen molar-refractivity contribution in [1.82, 2.24) is 35.0 Å². The van der Waals surface area contributed by atoms with Gasteiger partial charge in [-0.25, -0.2) is 22.8 Å². The Hall–Kier alpha value is -3.67. The maximum atomic E-state index is 13.5. The number of fused-ring (bicyclic) bond motifs is 1. The van der Waals surface area contributed by atoms with Crippen molar-refractivity contribution in [2.45, 2.75) is 38.1 Å². The van der Waals surface area contributed by atoms with Crippen LogP contribution in [0.2, 0.25) is 0 Å². The van der Waals surface area contributed by atoms with Crippen LogP contribution in [0.5, 0.6) is 0 Å². The molecule has 1 saturated carbocycles. The number of hydrogen-bond acceptors (Lipinski definition) is 8. The molecule has 1 N–H and O–H groups in total. The Morgan fingerprint density at radius 1 is 1.18 bits per heavy atom. The zero-order valence-electron chi connectivity index (χ0n) is 18.4. The molecule has 1 saturated heterocycles. The average molecular weight is 479 g/mol. The maximum absolute atomic E-state index is 13.5. The molecule has 0 radical (unpaired) electrons. The number of nitrogens with one attached hydrogen (secondary N) is 1. The molecule has 1 aromatic carbocycles. The Bertz CT molecular complexity index is 1520. The van der Waals surface area contributed by atoms with Gasteiger partial charge in [0.2, 0.25) is 0 Å². The van der Waals surface area contributed by atoms with Crippen LogP contribution in [-0.4, -0.2) is 60.8 Å². The van der Waals surface area contributed by atoms with Crippen LogP contribution >= 0.6 is 0 Å². The van der Waals surface area contributed by atoms with E-state index in [0.29, 0.717) is 46.0 Å². The van der Waals surface area contributed by atoms with Crippen molar-refractivity contribution < 1.29 is 13.2 Å². The van der Waals surface area contributed by atoms with E-state index in [1.807, 2.05) is 25.1 Å². The van der Waals surface area contributed by atoms with Gasteiger partial charge >= 0.3 is 0 Å². The number of rotatable bonds is 5. The number of amides is 1. The zero-order valence-corrected chi connectivity index (χ0v) is 19.2. The van der Waals surface area contributed by atoms with Gasteiger partial charge in [-0.05, 0) is 60.9 Å². The SMILES string of the molecule is Cc1nn([C@@H]2CCS(=O)(=O)C2)c2nc(C3CC3)cc(C(=O)Nc3cccc(-n4cnnn4)c3)c12. The Kier molecular flexibility index (Phi) is 4.73. The Morgan fingerprint density at radius 2 is 2.03 bits per heavy atom. The number of aryl methyl sites for hydroxylation is 1. The van der Waals surface area contributed by atoms with Crippen molar-refractivity contribution in [2.75, 3.05) is 16.8 Å². The van der Waals surface area contributed by atoms with Gasteiger partial charge in [0.25, 0.3) is 5.91 Å². The first-order chi connectivity index (χ1) is 16.4. The molecule has 12 heteroatoms. The number of anilines is 1. The second-order valence-electron chi connectivity index (χ2n) is 8.91. The van der Waals surface area contributed by atoms with Crippen LogP contribution in [0, 0.1) is 6.92 Å². The number of sulfone groups is 1. The normalized spacial score (nSPS) is 19.5. The lowest BCUT2D eigenvalue weighted by atomic mass is 10.1. The summed E-state index contributed by atoms with van der Waals surface area (Å²) in [6, 6.07) is 8.82. The van der Waals surface area contributed by atoms with Crippen LogP contribution in [0.15, 0.2) is 36.7 Å². The van der Waals surface area contributed by atoms with Crippen molar-refractivity contribution in [3.8, 4) is 5.69 Å². The molecule has 0 unspecified atom stereocenters. The highest BCUT2D eigenvalue weighted by molar-refractivity contribution is 7.91. The molecular weight excluding hydrogens is 456 g/mol. The number of pyridine rings is 1. The van der Waals surface area contributed by atoms with Crippen LogP contribution in [0.4, 0.5) is 5.69 Å². The lowest BCUT2D eigenvalue weighted by Crippen LogP contribution is -2.15. The van der Waals surface area contributed by atoms with Crippen molar-refractivity contribution in [1.29, 1.82) is 0 Å². The number of benzene rings is 1. The molecule has 1 atom stereocenters. The minimum absolute atomic E-state index is 0.0457. The van der Waals surface area contributed by atoms with Crippen molar-refractivity contribution in [3.63, 3.8) is 0 Å². The minimum atomic E-state index is -3.09. The van der Waals surface area contributed by atoms with Crippen molar-refractivity contribution >= 4 is 32.5 Å². The van der Waals surface area contributed by atoms with Crippen molar-refractivity contribution in [3.05, 3.63) is 53.6 Å². The summed E-state index contributed by atoms with van der Waals surface area (Å²) >= 11 is 0.